The minimum Gasteiger partial charge on any atom is -0.479 e. The number of nitrogens with one attached hydrogen (secondary N) is 3. The van der Waals surface area contributed by atoms with Crippen molar-refractivity contribution in [3.63, 3.8) is 0 Å². The summed E-state index contributed by atoms with van der Waals surface area (Å²) < 4.78 is 5.46. The van der Waals surface area contributed by atoms with Gasteiger partial charge in [-0.3, -0.25) is 4.79 Å². The van der Waals surface area contributed by atoms with Gasteiger partial charge in [0.15, 0.2) is 6.10 Å². The Morgan fingerprint density at radius 1 is 1.09 bits per heavy atom. The van der Waals surface area contributed by atoms with Gasteiger partial charge in [-0.1, -0.05) is 18.2 Å². The third-order valence-electron chi connectivity index (χ3n) is 3.20. The van der Waals surface area contributed by atoms with Crippen molar-refractivity contribution in [3.05, 3.63) is 48.5 Å². The number of hydrogen-bond acceptors (Lipinski definition) is 3. The van der Waals surface area contributed by atoms with Gasteiger partial charge in [-0.2, -0.15) is 0 Å². The summed E-state index contributed by atoms with van der Waals surface area (Å²) in [4.78, 5) is 23.5. The standard InChI is InChI=1S/C16H15N3O3/c1-10-15(20)19-13-9-12(7-8-14(13)22-10)18-16(21)17-11-5-3-2-4-6-11/h2-10H,1H3,(H,19,20)(H2,17,18,21)/t10-/m0/s1. The van der Waals surface area contributed by atoms with E-state index in [9.17, 15) is 9.59 Å². The van der Waals surface area contributed by atoms with Gasteiger partial charge in [0.2, 0.25) is 0 Å². The molecule has 1 atom stereocenters. The number of fused-ring (bicyclic) bond motifs is 1. The summed E-state index contributed by atoms with van der Waals surface area (Å²) in [5, 5.41) is 8.16. The number of rotatable bonds is 2. The fourth-order valence-electron chi connectivity index (χ4n) is 2.10. The van der Waals surface area contributed by atoms with Crippen LogP contribution in [0, 0.1) is 0 Å². The second-order valence-corrected chi connectivity index (χ2v) is 4.91. The smallest absolute Gasteiger partial charge is 0.323 e. The Hall–Kier alpha value is -3.02. The molecule has 2 aromatic carbocycles. The van der Waals surface area contributed by atoms with E-state index in [4.69, 9.17) is 4.74 Å². The summed E-state index contributed by atoms with van der Waals surface area (Å²) in [6.45, 7) is 1.68. The molecule has 2 aromatic rings. The molecule has 1 aliphatic heterocycles. The first-order valence-corrected chi connectivity index (χ1v) is 6.86. The van der Waals surface area contributed by atoms with E-state index in [0.29, 0.717) is 22.8 Å². The molecular formula is C16H15N3O3. The van der Waals surface area contributed by atoms with Gasteiger partial charge in [0.05, 0.1) is 5.69 Å². The van der Waals surface area contributed by atoms with Gasteiger partial charge in [0, 0.05) is 11.4 Å². The van der Waals surface area contributed by atoms with Crippen LogP contribution in [0.2, 0.25) is 0 Å². The quantitative estimate of drug-likeness (QED) is 0.797. The average Bonchev–Trinajstić information content (AvgIpc) is 2.49. The summed E-state index contributed by atoms with van der Waals surface area (Å²) in [5.41, 5.74) is 1.80. The monoisotopic (exact) mass is 297 g/mol. The van der Waals surface area contributed by atoms with E-state index in [0.717, 1.165) is 0 Å². The minimum absolute atomic E-state index is 0.210. The number of ether oxygens (including phenoxy) is 1. The van der Waals surface area contributed by atoms with Gasteiger partial charge in [0.25, 0.3) is 5.91 Å². The molecule has 0 fully saturated rings. The SMILES string of the molecule is C[C@@H]1Oc2ccc(NC(=O)Nc3ccccc3)cc2NC1=O. The fraction of sp³-hybridized carbons (Fsp3) is 0.125. The van der Waals surface area contributed by atoms with Crippen LogP contribution >= 0.6 is 0 Å². The van der Waals surface area contributed by atoms with Gasteiger partial charge in [-0.15, -0.1) is 0 Å². The highest BCUT2D eigenvalue weighted by atomic mass is 16.5. The first kappa shape index (κ1) is 13.9. The maximum atomic E-state index is 11.9. The Kier molecular flexibility index (Phi) is 3.65. The molecule has 3 rings (SSSR count). The molecule has 0 spiro atoms. The van der Waals surface area contributed by atoms with E-state index in [2.05, 4.69) is 16.0 Å². The molecule has 0 unspecified atom stereocenters. The third-order valence-corrected chi connectivity index (χ3v) is 3.20. The van der Waals surface area contributed by atoms with E-state index in [-0.39, 0.29) is 11.9 Å². The zero-order valence-corrected chi connectivity index (χ0v) is 11.9. The van der Waals surface area contributed by atoms with Crippen LogP contribution in [0.15, 0.2) is 48.5 Å². The highest BCUT2D eigenvalue weighted by Crippen LogP contribution is 2.32. The molecule has 0 saturated carbocycles. The molecule has 6 heteroatoms. The molecule has 3 amide bonds. The highest BCUT2D eigenvalue weighted by Gasteiger charge is 2.23. The lowest BCUT2D eigenvalue weighted by molar-refractivity contribution is -0.122. The number of hydrogen-bond donors (Lipinski definition) is 3. The van der Waals surface area contributed by atoms with Gasteiger partial charge in [0.1, 0.15) is 5.75 Å². The molecule has 6 nitrogen and oxygen atoms in total. The summed E-state index contributed by atoms with van der Waals surface area (Å²) in [6.07, 6.45) is -0.521. The number of amides is 3. The summed E-state index contributed by atoms with van der Waals surface area (Å²) in [6, 6.07) is 13.9. The average molecular weight is 297 g/mol. The molecule has 0 aliphatic carbocycles. The normalized spacial score (nSPS) is 16.0. The second-order valence-electron chi connectivity index (χ2n) is 4.91. The van der Waals surface area contributed by atoms with Crippen molar-refractivity contribution >= 4 is 29.0 Å². The zero-order chi connectivity index (χ0) is 15.5. The Balaban J connectivity index is 1.70. The molecule has 112 valence electrons. The number of carbonyl (C=O) groups excluding carboxylic acids is 2. The molecule has 22 heavy (non-hydrogen) atoms. The van der Waals surface area contributed by atoms with Crippen LogP contribution in [0.25, 0.3) is 0 Å². The van der Waals surface area contributed by atoms with Crippen LogP contribution in [0.3, 0.4) is 0 Å². The van der Waals surface area contributed by atoms with Crippen molar-refractivity contribution in [2.24, 2.45) is 0 Å². The van der Waals surface area contributed by atoms with Crippen LogP contribution in [-0.4, -0.2) is 18.0 Å². The van der Waals surface area contributed by atoms with E-state index >= 15 is 0 Å². The molecular weight excluding hydrogens is 282 g/mol. The predicted molar refractivity (Wildman–Crippen MR) is 84.2 cm³/mol. The molecule has 0 radical (unpaired) electrons. The van der Waals surface area contributed by atoms with E-state index < -0.39 is 6.10 Å². The van der Waals surface area contributed by atoms with E-state index in [1.807, 2.05) is 18.2 Å². The summed E-state index contributed by atoms with van der Waals surface area (Å²) in [7, 11) is 0. The third kappa shape index (κ3) is 3.01. The summed E-state index contributed by atoms with van der Waals surface area (Å²) in [5.74, 6) is 0.375. The lowest BCUT2D eigenvalue weighted by atomic mass is 10.2. The second kappa shape index (κ2) is 5.77. The van der Waals surface area contributed by atoms with Crippen molar-refractivity contribution in [1.82, 2.24) is 0 Å². The Labute approximate surface area is 127 Å². The lowest BCUT2D eigenvalue weighted by Gasteiger charge is -2.23. The number of para-hydroxylation sites is 1. The van der Waals surface area contributed by atoms with Crippen LogP contribution < -0.4 is 20.7 Å². The number of carbonyl (C=O) groups is 2. The highest BCUT2D eigenvalue weighted by molar-refractivity contribution is 6.02. The van der Waals surface area contributed by atoms with Gasteiger partial charge >= 0.3 is 6.03 Å². The Morgan fingerprint density at radius 3 is 2.59 bits per heavy atom. The summed E-state index contributed by atoms with van der Waals surface area (Å²) >= 11 is 0. The van der Waals surface area contributed by atoms with E-state index in [1.54, 1.807) is 37.3 Å². The molecule has 0 aromatic heterocycles. The number of anilines is 3. The minimum atomic E-state index is -0.521. The van der Waals surface area contributed by atoms with Crippen LogP contribution in [-0.2, 0) is 4.79 Å². The molecule has 0 bridgehead atoms. The topological polar surface area (TPSA) is 79.5 Å². The van der Waals surface area contributed by atoms with Gasteiger partial charge in [-0.25, -0.2) is 4.79 Å². The van der Waals surface area contributed by atoms with Crippen molar-refractivity contribution in [2.75, 3.05) is 16.0 Å². The first-order valence-electron chi connectivity index (χ1n) is 6.86. The number of benzene rings is 2. The zero-order valence-electron chi connectivity index (χ0n) is 11.9. The van der Waals surface area contributed by atoms with Crippen LogP contribution in [0.4, 0.5) is 21.9 Å². The molecule has 3 N–H and O–H groups in total. The lowest BCUT2D eigenvalue weighted by Crippen LogP contribution is -2.34. The van der Waals surface area contributed by atoms with Crippen molar-refractivity contribution in [1.29, 1.82) is 0 Å². The Morgan fingerprint density at radius 2 is 1.82 bits per heavy atom. The van der Waals surface area contributed by atoms with Gasteiger partial charge < -0.3 is 20.7 Å². The fourth-order valence-corrected chi connectivity index (χ4v) is 2.10. The maximum absolute atomic E-state index is 11.9. The van der Waals surface area contributed by atoms with Gasteiger partial charge in [-0.05, 0) is 37.3 Å². The predicted octanol–water partition coefficient (Wildman–Crippen LogP) is 3.05. The van der Waals surface area contributed by atoms with Crippen molar-refractivity contribution in [2.45, 2.75) is 13.0 Å². The van der Waals surface area contributed by atoms with Crippen LogP contribution in [0.5, 0.6) is 5.75 Å². The maximum Gasteiger partial charge on any atom is 0.323 e. The first-order chi connectivity index (χ1) is 10.6. The molecule has 1 heterocycles. The molecule has 0 saturated heterocycles. The van der Waals surface area contributed by atoms with Crippen molar-refractivity contribution in [3.8, 4) is 5.75 Å². The van der Waals surface area contributed by atoms with Crippen molar-refractivity contribution < 1.29 is 14.3 Å². The Bertz CT molecular complexity index is 716. The largest absolute Gasteiger partial charge is 0.479 e. The van der Waals surface area contributed by atoms with E-state index in [1.165, 1.54) is 0 Å². The van der Waals surface area contributed by atoms with Crippen LogP contribution in [0.1, 0.15) is 6.92 Å². The number of urea groups is 1. The molecule has 1 aliphatic rings.